The molecule has 0 bridgehead atoms. The number of benzene rings is 1. The minimum atomic E-state index is 0.975. The van der Waals surface area contributed by atoms with Gasteiger partial charge >= 0.3 is 0 Å². The summed E-state index contributed by atoms with van der Waals surface area (Å²) >= 11 is 5.38. The van der Waals surface area contributed by atoms with E-state index in [-0.39, 0.29) is 0 Å². The number of nitrogens with one attached hydrogen (secondary N) is 1. The highest BCUT2D eigenvalue weighted by Crippen LogP contribution is 2.27. The van der Waals surface area contributed by atoms with Gasteiger partial charge < -0.3 is 14.5 Å². The number of piperazine rings is 1. The van der Waals surface area contributed by atoms with Gasteiger partial charge in [0.25, 0.3) is 0 Å². The third-order valence-electron chi connectivity index (χ3n) is 3.94. The SMILES string of the molecule is COc1ccccc1N1CC[NH+](Cc2cc(Br)cs2)CC1. The Bertz CT molecular complexity index is 593. The number of thiophene rings is 1. The molecule has 1 aromatic heterocycles. The number of rotatable bonds is 4. The number of para-hydroxylation sites is 2. The van der Waals surface area contributed by atoms with Crippen molar-refractivity contribution >= 4 is 33.0 Å². The third kappa shape index (κ3) is 3.59. The summed E-state index contributed by atoms with van der Waals surface area (Å²) in [6.45, 7) is 5.65. The maximum absolute atomic E-state index is 5.47. The first-order valence-electron chi connectivity index (χ1n) is 7.20. The van der Waals surface area contributed by atoms with Crippen molar-refractivity contribution in [3.05, 3.63) is 45.1 Å². The Balaban J connectivity index is 1.60. The van der Waals surface area contributed by atoms with E-state index in [2.05, 4.69) is 44.4 Å². The lowest BCUT2D eigenvalue weighted by molar-refractivity contribution is -0.914. The standard InChI is InChI=1S/C16H19BrN2OS/c1-20-16-5-3-2-4-15(16)19-8-6-18(7-9-19)11-14-10-13(17)12-21-14/h2-5,10,12H,6-9,11H2,1H3/p+1. The van der Waals surface area contributed by atoms with Crippen LogP contribution in [0.25, 0.3) is 0 Å². The first-order chi connectivity index (χ1) is 10.3. The fraction of sp³-hybridized carbons (Fsp3) is 0.375. The molecule has 1 aliphatic heterocycles. The number of ether oxygens (including phenoxy) is 1. The summed E-state index contributed by atoms with van der Waals surface area (Å²) in [7, 11) is 1.75. The van der Waals surface area contributed by atoms with Crippen LogP contribution >= 0.6 is 27.3 Å². The Kier molecular flexibility index (Phi) is 4.83. The van der Waals surface area contributed by atoms with Crippen molar-refractivity contribution in [1.29, 1.82) is 0 Å². The number of nitrogens with zero attached hydrogens (tertiary/aromatic N) is 1. The van der Waals surface area contributed by atoms with Crippen molar-refractivity contribution < 1.29 is 9.64 Å². The van der Waals surface area contributed by atoms with E-state index in [0.717, 1.165) is 25.4 Å². The van der Waals surface area contributed by atoms with E-state index >= 15 is 0 Å². The highest BCUT2D eigenvalue weighted by atomic mass is 79.9. The van der Waals surface area contributed by atoms with Gasteiger partial charge in [-0.15, -0.1) is 11.3 Å². The fourth-order valence-electron chi connectivity index (χ4n) is 2.82. The molecule has 1 N–H and O–H groups in total. The maximum Gasteiger partial charge on any atom is 0.142 e. The average Bonchev–Trinajstić information content (AvgIpc) is 2.93. The normalized spacial score (nSPS) is 16.2. The molecule has 0 saturated carbocycles. The molecule has 1 fully saturated rings. The van der Waals surface area contributed by atoms with Gasteiger partial charge in [-0.2, -0.15) is 0 Å². The van der Waals surface area contributed by atoms with Crippen molar-refractivity contribution in [3.63, 3.8) is 0 Å². The molecule has 0 amide bonds. The number of quaternary nitrogens is 1. The number of anilines is 1. The summed E-state index contributed by atoms with van der Waals surface area (Å²) in [6.07, 6.45) is 0. The van der Waals surface area contributed by atoms with E-state index in [1.165, 1.54) is 28.1 Å². The molecule has 112 valence electrons. The zero-order valence-corrected chi connectivity index (χ0v) is 14.5. The van der Waals surface area contributed by atoms with E-state index in [1.807, 2.05) is 23.5 Å². The van der Waals surface area contributed by atoms with Gasteiger partial charge in [0.2, 0.25) is 0 Å². The molecular weight excluding hydrogens is 348 g/mol. The van der Waals surface area contributed by atoms with E-state index in [4.69, 9.17) is 4.74 Å². The second-order valence-corrected chi connectivity index (χ2v) is 7.23. The lowest BCUT2D eigenvalue weighted by Crippen LogP contribution is -3.13. The monoisotopic (exact) mass is 367 g/mol. The summed E-state index contributed by atoms with van der Waals surface area (Å²) in [5.41, 5.74) is 1.22. The molecule has 5 heteroatoms. The molecule has 2 heterocycles. The Hall–Kier alpha value is -1.04. The van der Waals surface area contributed by atoms with Crippen LogP contribution in [0.15, 0.2) is 40.2 Å². The molecule has 1 saturated heterocycles. The summed E-state index contributed by atoms with van der Waals surface area (Å²) in [6, 6.07) is 10.5. The van der Waals surface area contributed by atoms with Crippen molar-refractivity contribution in [2.75, 3.05) is 38.2 Å². The van der Waals surface area contributed by atoms with E-state index in [9.17, 15) is 0 Å². The first kappa shape index (κ1) is 14.9. The highest BCUT2D eigenvalue weighted by molar-refractivity contribution is 9.10. The van der Waals surface area contributed by atoms with Crippen LogP contribution in [-0.4, -0.2) is 33.3 Å². The van der Waals surface area contributed by atoms with Gasteiger partial charge in [-0.3, -0.25) is 0 Å². The molecule has 1 aromatic carbocycles. The largest absolute Gasteiger partial charge is 0.495 e. The van der Waals surface area contributed by atoms with Crippen LogP contribution < -0.4 is 14.5 Å². The molecule has 2 aromatic rings. The van der Waals surface area contributed by atoms with Gasteiger partial charge in [0.1, 0.15) is 12.3 Å². The maximum atomic E-state index is 5.47. The minimum absolute atomic E-state index is 0.975. The van der Waals surface area contributed by atoms with Crippen molar-refractivity contribution in [2.45, 2.75) is 6.54 Å². The number of hydrogen-bond donors (Lipinski definition) is 1. The molecule has 3 rings (SSSR count). The topological polar surface area (TPSA) is 16.9 Å². The van der Waals surface area contributed by atoms with Crippen LogP contribution in [0.5, 0.6) is 5.75 Å². The summed E-state index contributed by atoms with van der Waals surface area (Å²) in [5, 5.41) is 2.17. The molecule has 21 heavy (non-hydrogen) atoms. The van der Waals surface area contributed by atoms with Crippen LogP contribution in [0.4, 0.5) is 5.69 Å². The zero-order chi connectivity index (χ0) is 14.7. The molecule has 0 spiro atoms. The van der Waals surface area contributed by atoms with Crippen molar-refractivity contribution in [3.8, 4) is 5.75 Å². The second kappa shape index (κ2) is 6.81. The van der Waals surface area contributed by atoms with Crippen LogP contribution in [0.2, 0.25) is 0 Å². The van der Waals surface area contributed by atoms with Crippen molar-refractivity contribution in [1.82, 2.24) is 0 Å². The molecule has 1 aliphatic rings. The number of hydrogen-bond acceptors (Lipinski definition) is 3. The third-order valence-corrected chi connectivity index (χ3v) is 5.64. The molecule has 0 atom stereocenters. The Morgan fingerprint density at radius 1 is 1.29 bits per heavy atom. The predicted molar refractivity (Wildman–Crippen MR) is 91.6 cm³/mol. The summed E-state index contributed by atoms with van der Waals surface area (Å²) in [4.78, 5) is 5.56. The number of methoxy groups -OCH3 is 1. The van der Waals surface area contributed by atoms with Crippen LogP contribution in [0.1, 0.15) is 4.88 Å². The fourth-order valence-corrected chi connectivity index (χ4v) is 4.35. The van der Waals surface area contributed by atoms with Gasteiger partial charge in [0.05, 0.1) is 43.9 Å². The predicted octanol–water partition coefficient (Wildman–Crippen LogP) is 2.42. The van der Waals surface area contributed by atoms with E-state index in [0.29, 0.717) is 0 Å². The van der Waals surface area contributed by atoms with Crippen molar-refractivity contribution in [2.24, 2.45) is 0 Å². The molecular formula is C16H20BrN2OS+. The summed E-state index contributed by atoms with van der Waals surface area (Å²) < 4.78 is 6.68. The van der Waals surface area contributed by atoms with E-state index < -0.39 is 0 Å². The summed E-state index contributed by atoms with van der Waals surface area (Å²) in [5.74, 6) is 0.975. The van der Waals surface area contributed by atoms with Gasteiger partial charge in [0, 0.05) is 9.85 Å². The van der Waals surface area contributed by atoms with Crippen LogP contribution in [-0.2, 0) is 6.54 Å². The first-order valence-corrected chi connectivity index (χ1v) is 8.88. The van der Waals surface area contributed by atoms with Gasteiger partial charge in [-0.25, -0.2) is 0 Å². The Morgan fingerprint density at radius 3 is 2.71 bits per heavy atom. The minimum Gasteiger partial charge on any atom is -0.495 e. The molecule has 0 unspecified atom stereocenters. The van der Waals surface area contributed by atoms with Gasteiger partial charge in [-0.05, 0) is 34.1 Å². The average molecular weight is 368 g/mol. The molecule has 0 radical (unpaired) electrons. The van der Waals surface area contributed by atoms with Crippen LogP contribution in [0, 0.1) is 0 Å². The lowest BCUT2D eigenvalue weighted by atomic mass is 10.2. The quantitative estimate of drug-likeness (QED) is 0.893. The highest BCUT2D eigenvalue weighted by Gasteiger charge is 2.22. The van der Waals surface area contributed by atoms with Gasteiger partial charge in [0.15, 0.2) is 0 Å². The molecule has 3 nitrogen and oxygen atoms in total. The zero-order valence-electron chi connectivity index (χ0n) is 12.1. The smallest absolute Gasteiger partial charge is 0.142 e. The van der Waals surface area contributed by atoms with E-state index in [1.54, 1.807) is 12.0 Å². The number of halogens is 1. The Labute approximate surface area is 138 Å². The second-order valence-electron chi connectivity index (χ2n) is 5.32. The lowest BCUT2D eigenvalue weighted by Gasteiger charge is -2.34. The van der Waals surface area contributed by atoms with Crippen LogP contribution in [0.3, 0.4) is 0 Å². The van der Waals surface area contributed by atoms with Gasteiger partial charge in [-0.1, -0.05) is 12.1 Å². The Morgan fingerprint density at radius 2 is 2.05 bits per heavy atom. The molecule has 0 aliphatic carbocycles.